The topological polar surface area (TPSA) is 64.7 Å². The van der Waals surface area contributed by atoms with Gasteiger partial charge in [-0.05, 0) is 18.6 Å². The quantitative estimate of drug-likeness (QED) is 0.933. The summed E-state index contributed by atoms with van der Waals surface area (Å²) in [6.07, 6.45) is -2.23. The lowest BCUT2D eigenvalue weighted by atomic mass is 9.99. The van der Waals surface area contributed by atoms with Crippen LogP contribution >= 0.6 is 0 Å². The minimum absolute atomic E-state index is 0.0251. The van der Waals surface area contributed by atoms with Crippen molar-refractivity contribution >= 4 is 5.91 Å². The molecule has 1 aliphatic rings. The van der Waals surface area contributed by atoms with Gasteiger partial charge in [-0.3, -0.25) is 4.79 Å². The van der Waals surface area contributed by atoms with Crippen LogP contribution in [0.4, 0.5) is 13.2 Å². The van der Waals surface area contributed by atoms with E-state index in [2.05, 4.69) is 15.5 Å². The average molecular weight is 327 g/mol. The number of carbonyl (C=O) groups excluding carboxylic acids is 1. The van der Waals surface area contributed by atoms with Crippen LogP contribution in [-0.4, -0.2) is 31.4 Å². The lowest BCUT2D eigenvalue weighted by Gasteiger charge is -2.26. The van der Waals surface area contributed by atoms with Crippen molar-refractivity contribution in [2.24, 2.45) is 13.0 Å². The Hall–Kier alpha value is -2.32. The van der Waals surface area contributed by atoms with Crippen LogP contribution in [0.1, 0.15) is 28.6 Å². The number of nitrogens with one attached hydrogen (secondary N) is 1. The second kappa shape index (κ2) is 5.71. The van der Waals surface area contributed by atoms with E-state index in [0.29, 0.717) is 17.3 Å². The molecule has 1 amide bonds. The molecule has 3 heterocycles. The number of aryl methyl sites for hydroxylation is 2. The summed E-state index contributed by atoms with van der Waals surface area (Å²) >= 11 is 0. The number of carbonyl (C=O) groups is 1. The number of amides is 1. The highest BCUT2D eigenvalue weighted by molar-refractivity contribution is 5.92. The summed E-state index contributed by atoms with van der Waals surface area (Å²) in [4.78, 5) is 12.0. The van der Waals surface area contributed by atoms with Gasteiger partial charge in [-0.2, -0.15) is 13.2 Å². The molecular formula is C14H16F3N5O. The fraction of sp³-hybridized carbons (Fsp3) is 0.500. The Bertz CT molecular complexity index is 718. The molecule has 0 radical (unpaired) electrons. The van der Waals surface area contributed by atoms with E-state index in [1.165, 1.54) is 4.57 Å². The summed E-state index contributed by atoms with van der Waals surface area (Å²) in [5.41, 5.74) is 0.469. The molecular weight excluding hydrogens is 311 g/mol. The van der Waals surface area contributed by atoms with Crippen molar-refractivity contribution in [3.8, 4) is 0 Å². The van der Waals surface area contributed by atoms with Crippen LogP contribution in [0.25, 0.3) is 0 Å². The lowest BCUT2D eigenvalue weighted by Crippen LogP contribution is -2.34. The highest BCUT2D eigenvalue weighted by atomic mass is 19.4. The second-order valence-electron chi connectivity index (χ2n) is 5.61. The summed E-state index contributed by atoms with van der Waals surface area (Å²) in [6.45, 7) is -0.150. The van der Waals surface area contributed by atoms with Crippen LogP contribution in [0.3, 0.4) is 0 Å². The van der Waals surface area contributed by atoms with E-state index in [9.17, 15) is 18.0 Å². The number of alkyl halides is 3. The van der Waals surface area contributed by atoms with Crippen molar-refractivity contribution in [3.05, 3.63) is 35.7 Å². The van der Waals surface area contributed by atoms with Crippen molar-refractivity contribution in [3.63, 3.8) is 0 Å². The van der Waals surface area contributed by atoms with Gasteiger partial charge < -0.3 is 14.5 Å². The standard InChI is InChI=1S/C14H16F3N5O/c1-21-6-2-3-10(21)13(23)18-7-12-20-19-11-5-4-9(8-22(11)12)14(15,16)17/h2-3,6,9H,4-5,7-8H2,1H3,(H,18,23). The third-order valence-electron chi connectivity index (χ3n) is 4.07. The smallest absolute Gasteiger partial charge is 0.347 e. The zero-order valence-electron chi connectivity index (χ0n) is 12.5. The van der Waals surface area contributed by atoms with Crippen LogP contribution in [0.15, 0.2) is 18.3 Å². The first kappa shape index (κ1) is 15.6. The molecule has 3 rings (SSSR count). The molecule has 0 fully saturated rings. The fourth-order valence-electron chi connectivity index (χ4n) is 2.73. The Morgan fingerprint density at radius 2 is 2.22 bits per heavy atom. The molecule has 1 aliphatic heterocycles. The maximum absolute atomic E-state index is 12.9. The Labute approximate surface area is 130 Å². The Morgan fingerprint density at radius 1 is 1.43 bits per heavy atom. The SMILES string of the molecule is Cn1cccc1C(=O)NCc1nnc2n1CC(C(F)(F)F)CC2. The molecule has 0 spiro atoms. The van der Waals surface area contributed by atoms with Crippen LogP contribution in [0.2, 0.25) is 0 Å². The van der Waals surface area contributed by atoms with Gasteiger partial charge in [0, 0.05) is 26.2 Å². The van der Waals surface area contributed by atoms with Crippen LogP contribution < -0.4 is 5.32 Å². The summed E-state index contributed by atoms with van der Waals surface area (Å²) in [5, 5.41) is 10.5. The van der Waals surface area contributed by atoms with Gasteiger partial charge in [0.2, 0.25) is 0 Å². The predicted molar refractivity (Wildman–Crippen MR) is 74.5 cm³/mol. The highest BCUT2D eigenvalue weighted by Gasteiger charge is 2.42. The van der Waals surface area contributed by atoms with Crippen molar-refractivity contribution < 1.29 is 18.0 Å². The van der Waals surface area contributed by atoms with Gasteiger partial charge in [0.15, 0.2) is 5.82 Å². The molecule has 1 atom stereocenters. The molecule has 6 nitrogen and oxygen atoms in total. The third-order valence-corrected chi connectivity index (χ3v) is 4.07. The van der Waals surface area contributed by atoms with Gasteiger partial charge in [0.05, 0.1) is 12.5 Å². The number of fused-ring (bicyclic) bond motifs is 1. The maximum Gasteiger partial charge on any atom is 0.393 e. The molecule has 2 aromatic heterocycles. The molecule has 124 valence electrons. The van der Waals surface area contributed by atoms with Gasteiger partial charge in [-0.25, -0.2) is 0 Å². The minimum atomic E-state index is -4.23. The van der Waals surface area contributed by atoms with E-state index < -0.39 is 12.1 Å². The van der Waals surface area contributed by atoms with Crippen LogP contribution in [0.5, 0.6) is 0 Å². The number of hydrogen-bond donors (Lipinski definition) is 1. The summed E-state index contributed by atoms with van der Waals surface area (Å²) in [6, 6.07) is 3.40. The van der Waals surface area contributed by atoms with Crippen molar-refractivity contribution in [2.45, 2.75) is 32.1 Å². The van der Waals surface area contributed by atoms with E-state index in [-0.39, 0.29) is 31.8 Å². The van der Waals surface area contributed by atoms with E-state index in [0.717, 1.165) is 0 Å². The van der Waals surface area contributed by atoms with Crippen LogP contribution in [-0.2, 0) is 26.6 Å². The van der Waals surface area contributed by atoms with Crippen molar-refractivity contribution in [1.29, 1.82) is 0 Å². The first-order chi connectivity index (χ1) is 10.9. The molecule has 0 aromatic carbocycles. The van der Waals surface area contributed by atoms with E-state index in [1.54, 1.807) is 29.9 Å². The number of aromatic nitrogens is 4. The number of hydrogen-bond acceptors (Lipinski definition) is 3. The van der Waals surface area contributed by atoms with Gasteiger partial charge in [-0.1, -0.05) is 0 Å². The van der Waals surface area contributed by atoms with Crippen molar-refractivity contribution in [1.82, 2.24) is 24.6 Å². The van der Waals surface area contributed by atoms with Gasteiger partial charge >= 0.3 is 6.18 Å². The highest BCUT2D eigenvalue weighted by Crippen LogP contribution is 2.34. The maximum atomic E-state index is 12.9. The molecule has 23 heavy (non-hydrogen) atoms. The van der Waals surface area contributed by atoms with E-state index >= 15 is 0 Å². The molecule has 0 saturated heterocycles. The normalized spacial score (nSPS) is 17.8. The summed E-state index contributed by atoms with van der Waals surface area (Å²) in [7, 11) is 1.74. The monoisotopic (exact) mass is 327 g/mol. The van der Waals surface area contributed by atoms with Crippen LogP contribution in [0, 0.1) is 5.92 Å². The molecule has 1 N–H and O–H groups in total. The van der Waals surface area contributed by atoms with Gasteiger partial charge in [0.1, 0.15) is 11.5 Å². The molecule has 0 aliphatic carbocycles. The zero-order valence-corrected chi connectivity index (χ0v) is 12.5. The Morgan fingerprint density at radius 3 is 2.87 bits per heavy atom. The van der Waals surface area contributed by atoms with Gasteiger partial charge in [0.25, 0.3) is 5.91 Å². The van der Waals surface area contributed by atoms with E-state index in [4.69, 9.17) is 0 Å². The number of nitrogens with zero attached hydrogens (tertiary/aromatic N) is 4. The first-order valence-corrected chi connectivity index (χ1v) is 7.23. The lowest BCUT2D eigenvalue weighted by molar-refractivity contribution is -0.182. The molecule has 9 heteroatoms. The molecule has 2 aromatic rings. The van der Waals surface area contributed by atoms with Gasteiger partial charge in [-0.15, -0.1) is 10.2 Å². The largest absolute Gasteiger partial charge is 0.393 e. The van der Waals surface area contributed by atoms with E-state index in [1.807, 2.05) is 0 Å². The number of rotatable bonds is 3. The Balaban J connectivity index is 1.70. The third kappa shape index (κ3) is 3.08. The molecule has 0 saturated carbocycles. The molecule has 1 unspecified atom stereocenters. The predicted octanol–water partition coefficient (Wildman–Crippen LogP) is 1.67. The van der Waals surface area contributed by atoms with Crippen molar-refractivity contribution in [2.75, 3.05) is 0 Å². The number of halogens is 3. The summed E-state index contributed by atoms with van der Waals surface area (Å²) in [5.74, 6) is -0.823. The molecule has 0 bridgehead atoms. The fourth-order valence-corrected chi connectivity index (χ4v) is 2.73. The average Bonchev–Trinajstić information content (AvgIpc) is 3.09. The summed E-state index contributed by atoms with van der Waals surface area (Å²) < 4.78 is 41.8. The minimum Gasteiger partial charge on any atom is -0.347 e. The second-order valence-corrected chi connectivity index (χ2v) is 5.61. The first-order valence-electron chi connectivity index (χ1n) is 7.23. The Kier molecular flexibility index (Phi) is 3.87. The zero-order chi connectivity index (χ0) is 16.6.